The summed E-state index contributed by atoms with van der Waals surface area (Å²) in [6, 6.07) is 16.5. The first-order chi connectivity index (χ1) is 13.7. The minimum absolute atomic E-state index is 0.473. The fourth-order valence-electron chi connectivity index (χ4n) is 3.07. The van der Waals surface area contributed by atoms with E-state index >= 15 is 0 Å². The summed E-state index contributed by atoms with van der Waals surface area (Å²) >= 11 is 1.53. The first-order valence-corrected chi connectivity index (χ1v) is 9.53. The van der Waals surface area contributed by atoms with Gasteiger partial charge in [-0.25, -0.2) is 9.97 Å². The minimum atomic E-state index is -0.692. The van der Waals surface area contributed by atoms with Gasteiger partial charge in [-0.1, -0.05) is 42.5 Å². The van der Waals surface area contributed by atoms with Gasteiger partial charge >= 0.3 is 0 Å². The third-order valence-corrected chi connectivity index (χ3v) is 5.36. The number of ether oxygens (including phenoxy) is 1. The zero-order chi connectivity index (χ0) is 19.5. The van der Waals surface area contributed by atoms with Crippen molar-refractivity contribution in [2.45, 2.75) is 6.04 Å². The number of thiophene rings is 1. The van der Waals surface area contributed by atoms with E-state index in [4.69, 9.17) is 10.5 Å². The van der Waals surface area contributed by atoms with Crippen LogP contribution >= 0.6 is 11.3 Å². The number of rotatable bonds is 6. The molecule has 0 spiro atoms. The largest absolute Gasteiger partial charge is 0.497 e. The van der Waals surface area contributed by atoms with Gasteiger partial charge in [-0.3, -0.25) is 4.79 Å². The SMILES string of the molecule is COc1ccc(-c2csc3ncnc(NC(C(N)=O)c4ccccc4)c23)cc1. The van der Waals surface area contributed by atoms with Gasteiger partial charge in [0, 0.05) is 10.9 Å². The number of aromatic nitrogens is 2. The second-order valence-electron chi connectivity index (χ2n) is 6.17. The highest BCUT2D eigenvalue weighted by atomic mass is 32.1. The number of carbonyl (C=O) groups excluding carboxylic acids is 1. The number of amides is 1. The quantitative estimate of drug-likeness (QED) is 0.519. The Morgan fingerprint density at radius 2 is 1.86 bits per heavy atom. The molecule has 3 N–H and O–H groups in total. The number of carbonyl (C=O) groups is 1. The fourth-order valence-corrected chi connectivity index (χ4v) is 3.98. The molecule has 2 aromatic heterocycles. The Morgan fingerprint density at radius 3 is 2.54 bits per heavy atom. The van der Waals surface area contributed by atoms with Crippen molar-refractivity contribution in [3.8, 4) is 16.9 Å². The van der Waals surface area contributed by atoms with Crippen LogP contribution in [0.1, 0.15) is 11.6 Å². The standard InChI is InChI=1S/C21H18N4O2S/c1-27-15-9-7-13(8-10-15)16-11-28-21-17(16)20(23-12-24-21)25-18(19(22)26)14-5-3-2-4-6-14/h2-12,18H,1H3,(H2,22,26)(H,23,24,25). The zero-order valence-electron chi connectivity index (χ0n) is 15.1. The van der Waals surface area contributed by atoms with Gasteiger partial charge in [0.15, 0.2) is 0 Å². The van der Waals surface area contributed by atoms with Gasteiger partial charge in [0.2, 0.25) is 5.91 Å². The van der Waals surface area contributed by atoms with Crippen LogP contribution in [-0.2, 0) is 4.79 Å². The second-order valence-corrected chi connectivity index (χ2v) is 7.03. The molecule has 7 heteroatoms. The Balaban J connectivity index is 1.79. The van der Waals surface area contributed by atoms with Crippen LogP contribution in [0.5, 0.6) is 5.75 Å². The van der Waals surface area contributed by atoms with Crippen molar-refractivity contribution < 1.29 is 9.53 Å². The summed E-state index contributed by atoms with van der Waals surface area (Å²) in [5, 5.41) is 6.11. The molecule has 0 radical (unpaired) electrons. The normalized spacial score (nSPS) is 11.9. The van der Waals surface area contributed by atoms with Crippen LogP contribution in [0.15, 0.2) is 66.3 Å². The summed E-state index contributed by atoms with van der Waals surface area (Å²) in [4.78, 5) is 21.7. The highest BCUT2D eigenvalue weighted by Gasteiger charge is 2.21. The third-order valence-electron chi connectivity index (χ3n) is 4.47. The van der Waals surface area contributed by atoms with E-state index in [-0.39, 0.29) is 0 Å². The number of nitrogens with two attached hydrogens (primary N) is 1. The van der Waals surface area contributed by atoms with Gasteiger partial charge < -0.3 is 15.8 Å². The van der Waals surface area contributed by atoms with E-state index in [1.807, 2.05) is 60.0 Å². The predicted octanol–water partition coefficient (Wildman–Crippen LogP) is 4.01. The molecule has 4 rings (SSSR count). The monoisotopic (exact) mass is 390 g/mol. The number of methoxy groups -OCH3 is 1. The van der Waals surface area contributed by atoms with E-state index < -0.39 is 11.9 Å². The molecular formula is C21H18N4O2S. The third kappa shape index (κ3) is 3.39. The number of benzene rings is 2. The maximum Gasteiger partial charge on any atom is 0.244 e. The molecule has 28 heavy (non-hydrogen) atoms. The van der Waals surface area contributed by atoms with E-state index in [2.05, 4.69) is 15.3 Å². The van der Waals surface area contributed by atoms with E-state index in [0.717, 1.165) is 32.7 Å². The maximum absolute atomic E-state index is 12.1. The lowest BCUT2D eigenvalue weighted by Crippen LogP contribution is -2.28. The van der Waals surface area contributed by atoms with Crippen LogP contribution < -0.4 is 15.8 Å². The van der Waals surface area contributed by atoms with Crippen molar-refractivity contribution in [1.82, 2.24) is 9.97 Å². The Bertz CT molecular complexity index is 1110. The number of primary amides is 1. The number of hydrogen-bond donors (Lipinski definition) is 2. The lowest BCUT2D eigenvalue weighted by atomic mass is 10.0. The first kappa shape index (κ1) is 17.9. The fraction of sp³-hybridized carbons (Fsp3) is 0.0952. The molecule has 0 fully saturated rings. The number of nitrogens with zero attached hydrogens (tertiary/aromatic N) is 2. The van der Waals surface area contributed by atoms with Crippen molar-refractivity contribution in [1.29, 1.82) is 0 Å². The minimum Gasteiger partial charge on any atom is -0.497 e. The molecule has 2 heterocycles. The Morgan fingerprint density at radius 1 is 1.11 bits per heavy atom. The second kappa shape index (κ2) is 7.66. The van der Waals surface area contributed by atoms with Crippen LogP contribution in [-0.4, -0.2) is 23.0 Å². The summed E-state index contributed by atoms with van der Waals surface area (Å²) in [5.74, 6) is 0.889. The molecular weight excluding hydrogens is 372 g/mol. The smallest absolute Gasteiger partial charge is 0.244 e. The van der Waals surface area contributed by atoms with Crippen molar-refractivity contribution in [2.75, 3.05) is 12.4 Å². The molecule has 1 atom stereocenters. The molecule has 6 nitrogen and oxygen atoms in total. The molecule has 0 bridgehead atoms. The Hall–Kier alpha value is -3.45. The summed E-state index contributed by atoms with van der Waals surface area (Å²) < 4.78 is 5.24. The van der Waals surface area contributed by atoms with Crippen molar-refractivity contribution >= 4 is 33.3 Å². The first-order valence-electron chi connectivity index (χ1n) is 8.65. The Labute approximate surface area is 166 Å². The molecule has 0 saturated heterocycles. The molecule has 1 amide bonds. The van der Waals surface area contributed by atoms with Crippen LogP contribution in [0.2, 0.25) is 0 Å². The van der Waals surface area contributed by atoms with Gasteiger partial charge in [-0.05, 0) is 23.3 Å². The maximum atomic E-state index is 12.1. The molecule has 1 unspecified atom stereocenters. The van der Waals surface area contributed by atoms with Crippen LogP contribution in [0.4, 0.5) is 5.82 Å². The van der Waals surface area contributed by atoms with Gasteiger partial charge in [0.05, 0.1) is 12.5 Å². The lowest BCUT2D eigenvalue weighted by molar-refractivity contribution is -0.118. The summed E-state index contributed by atoms with van der Waals surface area (Å²) in [5.41, 5.74) is 8.44. The Kier molecular flexibility index (Phi) is 4.90. The number of hydrogen-bond acceptors (Lipinski definition) is 6. The lowest BCUT2D eigenvalue weighted by Gasteiger charge is -2.17. The average molecular weight is 390 g/mol. The molecule has 140 valence electrons. The number of nitrogens with one attached hydrogen (secondary N) is 1. The molecule has 0 aliphatic heterocycles. The van der Waals surface area contributed by atoms with Crippen LogP contribution in [0.3, 0.4) is 0 Å². The van der Waals surface area contributed by atoms with E-state index in [1.54, 1.807) is 7.11 Å². The van der Waals surface area contributed by atoms with Gasteiger partial charge in [0.1, 0.15) is 28.8 Å². The van der Waals surface area contributed by atoms with E-state index in [0.29, 0.717) is 5.82 Å². The molecule has 0 aliphatic rings. The average Bonchev–Trinajstić information content (AvgIpc) is 3.17. The van der Waals surface area contributed by atoms with Crippen LogP contribution in [0.25, 0.3) is 21.3 Å². The molecule has 0 aliphatic carbocycles. The van der Waals surface area contributed by atoms with E-state index in [1.165, 1.54) is 17.7 Å². The van der Waals surface area contributed by atoms with Gasteiger partial charge in [-0.15, -0.1) is 11.3 Å². The number of fused-ring (bicyclic) bond motifs is 1. The summed E-state index contributed by atoms with van der Waals surface area (Å²) in [6.45, 7) is 0. The van der Waals surface area contributed by atoms with Gasteiger partial charge in [-0.2, -0.15) is 0 Å². The highest BCUT2D eigenvalue weighted by molar-refractivity contribution is 7.17. The highest BCUT2D eigenvalue weighted by Crippen LogP contribution is 2.38. The van der Waals surface area contributed by atoms with E-state index in [9.17, 15) is 4.79 Å². The molecule has 2 aromatic carbocycles. The van der Waals surface area contributed by atoms with Crippen molar-refractivity contribution in [3.05, 3.63) is 71.9 Å². The zero-order valence-corrected chi connectivity index (χ0v) is 15.9. The molecule has 0 saturated carbocycles. The van der Waals surface area contributed by atoms with Gasteiger partial charge in [0.25, 0.3) is 0 Å². The summed E-state index contributed by atoms with van der Waals surface area (Å²) in [6.07, 6.45) is 1.49. The predicted molar refractivity (Wildman–Crippen MR) is 111 cm³/mol. The topological polar surface area (TPSA) is 90.1 Å². The van der Waals surface area contributed by atoms with Crippen molar-refractivity contribution in [2.24, 2.45) is 5.73 Å². The van der Waals surface area contributed by atoms with Crippen LogP contribution in [0, 0.1) is 0 Å². The summed E-state index contributed by atoms with van der Waals surface area (Å²) in [7, 11) is 1.64. The number of anilines is 1. The van der Waals surface area contributed by atoms with Crippen molar-refractivity contribution in [3.63, 3.8) is 0 Å². The molecule has 4 aromatic rings.